The van der Waals surface area contributed by atoms with Crippen LogP contribution in [0, 0.1) is 0 Å². The fourth-order valence-electron chi connectivity index (χ4n) is 4.19. The number of ether oxygens (including phenoxy) is 3. The quantitative estimate of drug-likeness (QED) is 0.191. The van der Waals surface area contributed by atoms with Crippen LogP contribution in [0.15, 0.2) is 47.0 Å². The van der Waals surface area contributed by atoms with Gasteiger partial charge in [0.25, 0.3) is 0 Å². The van der Waals surface area contributed by atoms with Crippen molar-refractivity contribution in [2.24, 2.45) is 4.99 Å². The minimum atomic E-state index is -0.559. The number of aliphatic hydroxyl groups excluding tert-OH is 1. The van der Waals surface area contributed by atoms with Crippen LogP contribution in [0.1, 0.15) is 68.7 Å². The monoisotopic (exact) mass is 441 g/mol. The van der Waals surface area contributed by atoms with Crippen molar-refractivity contribution >= 4 is 12.2 Å². The molecule has 0 unspecified atom stereocenters. The molecular formula is C26H35NO5. The van der Waals surface area contributed by atoms with Gasteiger partial charge in [-0.1, -0.05) is 44.2 Å². The summed E-state index contributed by atoms with van der Waals surface area (Å²) in [5, 5.41) is 10.6. The lowest BCUT2D eigenvalue weighted by Crippen LogP contribution is -2.12. The molecule has 174 valence electrons. The molecule has 0 radical (unpaired) electrons. The topological polar surface area (TPSA) is 77.4 Å². The number of allylic oxidation sites excluding steroid dienone is 2. The highest BCUT2D eigenvalue weighted by atomic mass is 16.7. The predicted octanol–water partition coefficient (Wildman–Crippen LogP) is 4.43. The van der Waals surface area contributed by atoms with E-state index in [1.807, 2.05) is 12.1 Å². The van der Waals surface area contributed by atoms with E-state index in [4.69, 9.17) is 14.2 Å². The molecule has 1 N–H and O–H groups in total. The fraction of sp³-hybridized carbons (Fsp3) is 0.538. The van der Waals surface area contributed by atoms with Crippen LogP contribution in [0.5, 0.6) is 0 Å². The third kappa shape index (κ3) is 6.37. The average molecular weight is 442 g/mol. The summed E-state index contributed by atoms with van der Waals surface area (Å²) in [6.07, 6.45) is 9.52. The Bertz CT molecular complexity index is 852. The van der Waals surface area contributed by atoms with E-state index in [9.17, 15) is 9.90 Å². The number of nitrogens with zero attached hydrogens (tertiary/aromatic N) is 1. The van der Waals surface area contributed by atoms with E-state index in [2.05, 4.69) is 31.0 Å². The van der Waals surface area contributed by atoms with Gasteiger partial charge in [0, 0.05) is 12.6 Å². The Morgan fingerprint density at radius 2 is 2.09 bits per heavy atom. The standard InChI is InChI=1S/C26H35NO5/c1-4-30-26(29)19(9-6-5-7-12-23-31-15-16-32-23)13-14-27-25-22(28)17-20-10-8-11-21(18(2)3)24(20)25/h6,8-11,13-14,18,22-23,25,28H,4-5,7,12,15-17H2,1-3H3/b9-6+,19-13+,27-14?/t22-,25-/m0/s1. The number of aliphatic hydroxyl groups is 1. The Hall–Kier alpha value is -2.28. The molecule has 32 heavy (non-hydrogen) atoms. The highest BCUT2D eigenvalue weighted by molar-refractivity contribution is 5.96. The van der Waals surface area contributed by atoms with Gasteiger partial charge in [0.05, 0.1) is 31.5 Å². The molecule has 6 heteroatoms. The molecule has 0 spiro atoms. The van der Waals surface area contributed by atoms with Gasteiger partial charge < -0.3 is 19.3 Å². The van der Waals surface area contributed by atoms with Crippen molar-refractivity contribution in [2.75, 3.05) is 19.8 Å². The number of carbonyl (C=O) groups is 1. The maximum atomic E-state index is 12.4. The van der Waals surface area contributed by atoms with Gasteiger partial charge in [0.15, 0.2) is 6.29 Å². The van der Waals surface area contributed by atoms with Crippen molar-refractivity contribution < 1.29 is 24.1 Å². The second-order valence-corrected chi connectivity index (χ2v) is 8.44. The van der Waals surface area contributed by atoms with Crippen molar-refractivity contribution in [1.29, 1.82) is 0 Å². The second-order valence-electron chi connectivity index (χ2n) is 8.44. The molecule has 6 nitrogen and oxygen atoms in total. The zero-order valence-electron chi connectivity index (χ0n) is 19.3. The largest absolute Gasteiger partial charge is 0.462 e. The van der Waals surface area contributed by atoms with E-state index >= 15 is 0 Å². The first-order chi connectivity index (χ1) is 15.5. The number of hydrogen-bond acceptors (Lipinski definition) is 6. The normalized spacial score (nSPS) is 21.8. The van der Waals surface area contributed by atoms with Gasteiger partial charge in [-0.3, -0.25) is 4.99 Å². The first kappa shape index (κ1) is 24.4. The number of benzene rings is 1. The summed E-state index contributed by atoms with van der Waals surface area (Å²) in [6.45, 7) is 7.71. The van der Waals surface area contributed by atoms with Crippen molar-refractivity contribution in [2.45, 2.75) is 70.8 Å². The first-order valence-electron chi connectivity index (χ1n) is 11.6. The van der Waals surface area contributed by atoms with E-state index in [0.717, 1.165) is 30.4 Å². The van der Waals surface area contributed by atoms with Crippen LogP contribution in [0.3, 0.4) is 0 Å². The highest BCUT2D eigenvalue weighted by Gasteiger charge is 2.32. The van der Waals surface area contributed by atoms with Crippen molar-refractivity contribution in [3.8, 4) is 0 Å². The van der Waals surface area contributed by atoms with E-state index in [-0.39, 0.29) is 18.3 Å². The van der Waals surface area contributed by atoms with Gasteiger partial charge in [-0.2, -0.15) is 0 Å². The molecule has 1 aliphatic carbocycles. The second kappa shape index (κ2) is 12.1. The number of rotatable bonds is 10. The number of esters is 1. The molecule has 1 aromatic carbocycles. The summed E-state index contributed by atoms with van der Waals surface area (Å²) in [4.78, 5) is 17.0. The SMILES string of the molecule is CCOC(=O)C(/C=C/CCCC1OCCO1)=C/C=N[C@@H]1c2c(cccc2C(C)C)C[C@@H]1O. The van der Waals surface area contributed by atoms with Crippen molar-refractivity contribution in [3.63, 3.8) is 0 Å². The average Bonchev–Trinajstić information content (AvgIpc) is 3.39. The molecule has 0 amide bonds. The minimum Gasteiger partial charge on any atom is -0.462 e. The lowest BCUT2D eigenvalue weighted by molar-refractivity contribution is -0.138. The van der Waals surface area contributed by atoms with E-state index in [1.54, 1.807) is 25.3 Å². The smallest absolute Gasteiger partial charge is 0.338 e. The summed E-state index contributed by atoms with van der Waals surface area (Å²) in [6, 6.07) is 5.89. The van der Waals surface area contributed by atoms with Crippen LogP contribution in [0.2, 0.25) is 0 Å². The Morgan fingerprint density at radius 3 is 2.81 bits per heavy atom. The van der Waals surface area contributed by atoms with Gasteiger partial charge in [-0.25, -0.2) is 4.79 Å². The molecular weight excluding hydrogens is 406 g/mol. The van der Waals surface area contributed by atoms with Crippen LogP contribution >= 0.6 is 0 Å². The molecule has 1 saturated heterocycles. The summed E-state index contributed by atoms with van der Waals surface area (Å²) in [7, 11) is 0. The number of hydrogen-bond donors (Lipinski definition) is 1. The third-order valence-electron chi connectivity index (χ3n) is 5.75. The first-order valence-corrected chi connectivity index (χ1v) is 11.6. The Labute approximate surface area is 191 Å². The van der Waals surface area contributed by atoms with Gasteiger partial charge in [0.2, 0.25) is 0 Å². The van der Waals surface area contributed by atoms with Crippen LogP contribution in [-0.2, 0) is 25.4 Å². The summed E-state index contributed by atoms with van der Waals surface area (Å²) in [5.41, 5.74) is 3.92. The molecule has 0 bridgehead atoms. The molecule has 0 saturated carbocycles. The molecule has 2 aliphatic rings. The van der Waals surface area contributed by atoms with Crippen LogP contribution in [0.4, 0.5) is 0 Å². The van der Waals surface area contributed by atoms with Crippen LogP contribution in [0.25, 0.3) is 0 Å². The molecule has 1 heterocycles. The predicted molar refractivity (Wildman–Crippen MR) is 125 cm³/mol. The molecule has 1 fully saturated rings. The summed E-state index contributed by atoms with van der Waals surface area (Å²) < 4.78 is 16.1. The van der Waals surface area contributed by atoms with Gasteiger partial charge in [-0.15, -0.1) is 0 Å². The Morgan fingerprint density at radius 1 is 1.31 bits per heavy atom. The van der Waals surface area contributed by atoms with E-state index < -0.39 is 6.10 Å². The highest BCUT2D eigenvalue weighted by Crippen LogP contribution is 2.39. The molecule has 3 rings (SSSR count). The number of carbonyl (C=O) groups excluding carboxylic acids is 1. The molecule has 1 aromatic rings. The number of fused-ring (bicyclic) bond motifs is 1. The maximum Gasteiger partial charge on any atom is 0.338 e. The van der Waals surface area contributed by atoms with Crippen molar-refractivity contribution in [1.82, 2.24) is 0 Å². The lowest BCUT2D eigenvalue weighted by Gasteiger charge is -2.16. The molecule has 0 aromatic heterocycles. The van der Waals surface area contributed by atoms with Crippen LogP contribution < -0.4 is 0 Å². The minimum absolute atomic E-state index is 0.105. The fourth-order valence-corrected chi connectivity index (χ4v) is 4.19. The maximum absolute atomic E-state index is 12.4. The lowest BCUT2D eigenvalue weighted by atomic mass is 9.93. The van der Waals surface area contributed by atoms with E-state index in [1.165, 1.54) is 5.56 Å². The van der Waals surface area contributed by atoms with Gasteiger partial charge in [0.1, 0.15) is 6.04 Å². The summed E-state index contributed by atoms with van der Waals surface area (Å²) >= 11 is 0. The van der Waals surface area contributed by atoms with E-state index in [0.29, 0.717) is 37.7 Å². The van der Waals surface area contributed by atoms with Gasteiger partial charge in [-0.05, 0) is 54.9 Å². The van der Waals surface area contributed by atoms with Gasteiger partial charge >= 0.3 is 5.97 Å². The molecule has 2 atom stereocenters. The Balaban J connectivity index is 1.68. The number of unbranched alkanes of at least 4 members (excludes halogenated alkanes) is 1. The Kier molecular flexibility index (Phi) is 9.21. The molecule has 1 aliphatic heterocycles. The van der Waals surface area contributed by atoms with Crippen molar-refractivity contribution in [3.05, 3.63) is 58.7 Å². The third-order valence-corrected chi connectivity index (χ3v) is 5.75. The summed E-state index contributed by atoms with van der Waals surface area (Å²) in [5.74, 6) is -0.0329. The number of aliphatic imine (C=N–C) groups is 1. The van der Waals surface area contributed by atoms with Crippen LogP contribution in [-0.4, -0.2) is 49.5 Å². The zero-order valence-corrected chi connectivity index (χ0v) is 19.3. The zero-order chi connectivity index (χ0) is 22.9.